The van der Waals surface area contributed by atoms with E-state index in [-0.39, 0.29) is 12.5 Å². The fourth-order valence-corrected chi connectivity index (χ4v) is 2.22. The van der Waals surface area contributed by atoms with Crippen LogP contribution < -0.4 is 5.73 Å². The maximum atomic E-state index is 10.9. The third kappa shape index (κ3) is 4.06. The molecule has 3 heteroatoms. The van der Waals surface area contributed by atoms with Crippen molar-refractivity contribution in [2.24, 2.45) is 11.1 Å². The van der Waals surface area contributed by atoms with Crippen molar-refractivity contribution in [3.8, 4) is 0 Å². The second-order valence-corrected chi connectivity index (χ2v) is 6.01. The number of hydrogen-bond donors (Lipinski definition) is 2. The van der Waals surface area contributed by atoms with Crippen LogP contribution in [0.4, 0.5) is 0 Å². The second kappa shape index (κ2) is 6.20. The molecular formula is C16H25NO2. The molecular weight excluding hydrogens is 238 g/mol. The summed E-state index contributed by atoms with van der Waals surface area (Å²) < 4.78 is 0. The van der Waals surface area contributed by atoms with Crippen molar-refractivity contribution in [1.29, 1.82) is 0 Å². The van der Waals surface area contributed by atoms with Gasteiger partial charge in [-0.2, -0.15) is 0 Å². The number of carboxylic acids is 1. The minimum absolute atomic E-state index is 0.0707. The van der Waals surface area contributed by atoms with Crippen LogP contribution >= 0.6 is 0 Å². The fourth-order valence-electron chi connectivity index (χ4n) is 2.22. The van der Waals surface area contributed by atoms with Crippen LogP contribution in [0.1, 0.15) is 63.6 Å². The average molecular weight is 263 g/mol. The maximum Gasteiger partial charge on any atom is 0.303 e. The van der Waals surface area contributed by atoms with E-state index >= 15 is 0 Å². The van der Waals surface area contributed by atoms with E-state index in [1.165, 1.54) is 5.56 Å². The Balaban J connectivity index is 2.88. The Morgan fingerprint density at radius 1 is 1.26 bits per heavy atom. The third-order valence-electron chi connectivity index (χ3n) is 3.93. The highest BCUT2D eigenvalue weighted by Crippen LogP contribution is 2.35. The highest BCUT2D eigenvalue weighted by Gasteiger charge is 2.30. The predicted molar refractivity (Wildman–Crippen MR) is 78.1 cm³/mol. The van der Waals surface area contributed by atoms with Crippen molar-refractivity contribution in [2.45, 2.75) is 52.5 Å². The van der Waals surface area contributed by atoms with Crippen LogP contribution in [-0.2, 0) is 4.79 Å². The lowest BCUT2D eigenvalue weighted by atomic mass is 9.78. The number of carbonyl (C=O) groups is 1. The van der Waals surface area contributed by atoms with Crippen molar-refractivity contribution in [3.05, 3.63) is 35.4 Å². The summed E-state index contributed by atoms with van der Waals surface area (Å²) in [5, 5.41) is 8.94. The SMILES string of the molecule is CCC(C)c1ccc(C(N)C(C)(C)CC(=O)O)cc1. The van der Waals surface area contributed by atoms with E-state index in [0.717, 1.165) is 12.0 Å². The summed E-state index contributed by atoms with van der Waals surface area (Å²) in [7, 11) is 0. The normalized spacial score (nSPS) is 15.0. The monoisotopic (exact) mass is 263 g/mol. The molecule has 106 valence electrons. The highest BCUT2D eigenvalue weighted by atomic mass is 16.4. The number of nitrogens with two attached hydrogens (primary N) is 1. The van der Waals surface area contributed by atoms with Crippen LogP contribution in [0.2, 0.25) is 0 Å². The first kappa shape index (κ1) is 15.7. The van der Waals surface area contributed by atoms with Crippen LogP contribution in [0.25, 0.3) is 0 Å². The first-order valence-corrected chi connectivity index (χ1v) is 6.85. The molecule has 2 atom stereocenters. The van der Waals surface area contributed by atoms with Crippen LogP contribution in [-0.4, -0.2) is 11.1 Å². The summed E-state index contributed by atoms with van der Waals surface area (Å²) in [4.78, 5) is 10.9. The van der Waals surface area contributed by atoms with Gasteiger partial charge in [0.1, 0.15) is 0 Å². The van der Waals surface area contributed by atoms with Gasteiger partial charge >= 0.3 is 5.97 Å². The Kier molecular flexibility index (Phi) is 5.12. The van der Waals surface area contributed by atoms with Gasteiger partial charge in [0.2, 0.25) is 0 Å². The number of carboxylic acid groups (broad SMARTS) is 1. The van der Waals surface area contributed by atoms with Gasteiger partial charge in [-0.1, -0.05) is 52.0 Å². The zero-order valence-corrected chi connectivity index (χ0v) is 12.3. The van der Waals surface area contributed by atoms with Gasteiger partial charge in [0, 0.05) is 6.04 Å². The molecule has 0 bridgehead atoms. The number of aliphatic carboxylic acids is 1. The molecule has 0 spiro atoms. The zero-order valence-electron chi connectivity index (χ0n) is 12.3. The summed E-state index contributed by atoms with van der Waals surface area (Å²) in [6.07, 6.45) is 1.18. The van der Waals surface area contributed by atoms with Crippen molar-refractivity contribution in [1.82, 2.24) is 0 Å². The zero-order chi connectivity index (χ0) is 14.6. The van der Waals surface area contributed by atoms with Crippen molar-refractivity contribution in [3.63, 3.8) is 0 Å². The minimum atomic E-state index is -0.809. The summed E-state index contributed by atoms with van der Waals surface area (Å²) in [5.74, 6) is -0.269. The molecule has 1 aromatic carbocycles. The standard InChI is InChI=1S/C16H25NO2/c1-5-11(2)12-6-8-13(9-7-12)15(17)16(3,4)10-14(18)19/h6-9,11,15H,5,10,17H2,1-4H3,(H,18,19). The van der Waals surface area contributed by atoms with E-state index in [2.05, 4.69) is 26.0 Å². The molecule has 0 radical (unpaired) electrons. The lowest BCUT2D eigenvalue weighted by molar-refractivity contribution is -0.139. The van der Waals surface area contributed by atoms with E-state index in [1.807, 2.05) is 26.0 Å². The molecule has 3 nitrogen and oxygen atoms in total. The van der Waals surface area contributed by atoms with Crippen molar-refractivity contribution >= 4 is 5.97 Å². The van der Waals surface area contributed by atoms with Crippen LogP contribution in [0.5, 0.6) is 0 Å². The molecule has 0 aromatic heterocycles. The molecule has 0 amide bonds. The Morgan fingerprint density at radius 2 is 1.74 bits per heavy atom. The molecule has 0 heterocycles. The first-order valence-electron chi connectivity index (χ1n) is 6.85. The molecule has 0 aliphatic heterocycles. The molecule has 1 rings (SSSR count). The van der Waals surface area contributed by atoms with Gasteiger partial charge in [0.15, 0.2) is 0 Å². The second-order valence-electron chi connectivity index (χ2n) is 6.01. The number of rotatable bonds is 6. The molecule has 1 aromatic rings. The lowest BCUT2D eigenvalue weighted by Gasteiger charge is -2.30. The summed E-state index contributed by atoms with van der Waals surface area (Å²) in [5.41, 5.74) is 8.06. The lowest BCUT2D eigenvalue weighted by Crippen LogP contribution is -2.31. The van der Waals surface area contributed by atoms with Crippen LogP contribution in [0.3, 0.4) is 0 Å². The van der Waals surface area contributed by atoms with E-state index in [9.17, 15) is 4.79 Å². The number of hydrogen-bond acceptors (Lipinski definition) is 2. The molecule has 0 saturated heterocycles. The average Bonchev–Trinajstić information content (AvgIpc) is 2.35. The Bertz CT molecular complexity index is 423. The summed E-state index contributed by atoms with van der Waals surface area (Å²) in [6.45, 7) is 8.16. The maximum absolute atomic E-state index is 10.9. The van der Waals surface area contributed by atoms with Crippen molar-refractivity contribution in [2.75, 3.05) is 0 Å². The molecule has 19 heavy (non-hydrogen) atoms. The van der Waals surface area contributed by atoms with Gasteiger partial charge in [-0.3, -0.25) is 4.79 Å². The van der Waals surface area contributed by atoms with Gasteiger partial charge in [-0.15, -0.1) is 0 Å². The molecule has 0 aliphatic carbocycles. The van der Waals surface area contributed by atoms with Gasteiger partial charge in [-0.05, 0) is 28.9 Å². The van der Waals surface area contributed by atoms with Gasteiger partial charge in [0.05, 0.1) is 6.42 Å². The van der Waals surface area contributed by atoms with Gasteiger partial charge < -0.3 is 10.8 Å². The van der Waals surface area contributed by atoms with Gasteiger partial charge in [-0.25, -0.2) is 0 Å². The predicted octanol–water partition coefficient (Wildman–Crippen LogP) is 3.70. The topological polar surface area (TPSA) is 63.3 Å². The minimum Gasteiger partial charge on any atom is -0.481 e. The first-order chi connectivity index (χ1) is 8.77. The van der Waals surface area contributed by atoms with E-state index in [1.54, 1.807) is 0 Å². The summed E-state index contributed by atoms with van der Waals surface area (Å²) in [6, 6.07) is 7.97. The van der Waals surface area contributed by atoms with Crippen LogP contribution in [0, 0.1) is 5.41 Å². The highest BCUT2D eigenvalue weighted by molar-refractivity contribution is 5.67. The molecule has 0 fully saturated rings. The van der Waals surface area contributed by atoms with Crippen LogP contribution in [0.15, 0.2) is 24.3 Å². The van der Waals surface area contributed by atoms with E-state index in [4.69, 9.17) is 10.8 Å². The molecule has 3 N–H and O–H groups in total. The third-order valence-corrected chi connectivity index (χ3v) is 3.93. The van der Waals surface area contributed by atoms with Crippen molar-refractivity contribution < 1.29 is 9.90 Å². The Morgan fingerprint density at radius 3 is 2.16 bits per heavy atom. The fraction of sp³-hybridized carbons (Fsp3) is 0.562. The summed E-state index contributed by atoms with van der Waals surface area (Å²) >= 11 is 0. The quantitative estimate of drug-likeness (QED) is 0.822. The Hall–Kier alpha value is -1.35. The molecule has 0 aliphatic rings. The molecule has 2 unspecified atom stereocenters. The molecule has 0 saturated carbocycles. The smallest absolute Gasteiger partial charge is 0.303 e. The largest absolute Gasteiger partial charge is 0.481 e. The van der Waals surface area contributed by atoms with Gasteiger partial charge in [0.25, 0.3) is 0 Å². The Labute approximate surface area is 115 Å². The number of benzene rings is 1. The van der Waals surface area contributed by atoms with E-state index in [0.29, 0.717) is 5.92 Å². The van der Waals surface area contributed by atoms with E-state index < -0.39 is 11.4 Å².